The fourth-order valence-corrected chi connectivity index (χ4v) is 1.88. The molecule has 0 saturated carbocycles. The van der Waals surface area contributed by atoms with Gasteiger partial charge in [-0.1, -0.05) is 24.3 Å². The molecule has 3 nitrogen and oxygen atoms in total. The molecule has 0 unspecified atom stereocenters. The average molecular weight is 266 g/mol. The highest BCUT2D eigenvalue weighted by Gasteiger charge is 2.12. The number of benzene rings is 2. The number of hydrogen-bond donors (Lipinski definition) is 0. The average Bonchev–Trinajstić information content (AvgIpc) is 2.39. The Morgan fingerprint density at radius 2 is 1.44 bits per heavy atom. The number of nitro benzene ring substituents is 1. The molecular weight excluding hydrogens is 257 g/mol. The van der Waals surface area contributed by atoms with Gasteiger partial charge < -0.3 is 0 Å². The summed E-state index contributed by atoms with van der Waals surface area (Å²) >= 11 is 6.22. The lowest BCUT2D eigenvalue weighted by atomic mass is 10.0. The van der Waals surface area contributed by atoms with Crippen molar-refractivity contribution >= 4 is 17.3 Å². The Bertz CT molecular complexity index is 554. The summed E-state index contributed by atoms with van der Waals surface area (Å²) in [6.45, 7) is 0. The molecule has 0 aliphatic carbocycles. The van der Waals surface area contributed by atoms with E-state index in [0.29, 0.717) is 0 Å². The first-order chi connectivity index (χ1) is 8.58. The van der Waals surface area contributed by atoms with Crippen molar-refractivity contribution < 1.29 is 9.31 Å². The molecular formula is C13H9ClFNO2. The second-order valence-corrected chi connectivity index (χ2v) is 4.20. The predicted octanol–water partition coefficient (Wildman–Crippen LogP) is 4.06. The zero-order chi connectivity index (χ0) is 13.1. The Hall–Kier alpha value is -1.94. The molecule has 0 radical (unpaired) electrons. The standard InChI is InChI=1S/C13H9ClFNO2/c14-13(9-1-5-11(15)6-2-9)10-3-7-12(8-4-10)16(17)18/h1-8,13H/t13-/m1/s1. The van der Waals surface area contributed by atoms with Gasteiger partial charge in [0, 0.05) is 12.1 Å². The minimum Gasteiger partial charge on any atom is -0.258 e. The van der Waals surface area contributed by atoms with E-state index in [0.717, 1.165) is 11.1 Å². The highest BCUT2D eigenvalue weighted by atomic mass is 35.5. The molecule has 0 bridgehead atoms. The Balaban J connectivity index is 2.25. The number of halogens is 2. The molecule has 18 heavy (non-hydrogen) atoms. The minimum atomic E-state index is -0.467. The fourth-order valence-electron chi connectivity index (χ4n) is 1.59. The van der Waals surface area contributed by atoms with E-state index in [1.807, 2.05) is 0 Å². The van der Waals surface area contributed by atoms with E-state index in [-0.39, 0.29) is 11.5 Å². The lowest BCUT2D eigenvalue weighted by molar-refractivity contribution is -0.384. The summed E-state index contributed by atoms with van der Waals surface area (Å²) < 4.78 is 12.8. The van der Waals surface area contributed by atoms with Gasteiger partial charge in [-0.15, -0.1) is 11.6 Å². The van der Waals surface area contributed by atoms with E-state index in [1.165, 1.54) is 24.3 Å². The summed E-state index contributed by atoms with van der Waals surface area (Å²) in [6, 6.07) is 11.8. The summed E-state index contributed by atoms with van der Waals surface area (Å²) in [7, 11) is 0. The van der Waals surface area contributed by atoms with Crippen molar-refractivity contribution in [3.63, 3.8) is 0 Å². The van der Waals surface area contributed by atoms with Crippen LogP contribution in [0.5, 0.6) is 0 Å². The third-order valence-corrected chi connectivity index (χ3v) is 3.06. The molecule has 0 N–H and O–H groups in total. The summed E-state index contributed by atoms with van der Waals surface area (Å²) in [5, 5.41) is 10.1. The number of alkyl halides is 1. The van der Waals surface area contributed by atoms with E-state index in [4.69, 9.17) is 11.6 Å². The van der Waals surface area contributed by atoms with Gasteiger partial charge in [0.1, 0.15) is 5.82 Å². The molecule has 2 aromatic carbocycles. The minimum absolute atomic E-state index is 0.0155. The number of hydrogen-bond acceptors (Lipinski definition) is 2. The van der Waals surface area contributed by atoms with E-state index < -0.39 is 10.3 Å². The van der Waals surface area contributed by atoms with Gasteiger partial charge >= 0.3 is 0 Å². The number of nitro groups is 1. The molecule has 2 rings (SSSR count). The van der Waals surface area contributed by atoms with Crippen LogP contribution in [0.1, 0.15) is 16.5 Å². The van der Waals surface area contributed by atoms with Gasteiger partial charge in [0.2, 0.25) is 0 Å². The molecule has 5 heteroatoms. The molecule has 0 fully saturated rings. The first-order valence-electron chi connectivity index (χ1n) is 5.22. The second kappa shape index (κ2) is 5.14. The van der Waals surface area contributed by atoms with Crippen molar-refractivity contribution in [2.24, 2.45) is 0 Å². The van der Waals surface area contributed by atoms with Crippen molar-refractivity contribution in [1.82, 2.24) is 0 Å². The van der Waals surface area contributed by atoms with Gasteiger partial charge in [-0.2, -0.15) is 0 Å². The van der Waals surface area contributed by atoms with Crippen LogP contribution in [0.3, 0.4) is 0 Å². The zero-order valence-corrected chi connectivity index (χ0v) is 9.97. The molecule has 0 saturated heterocycles. The van der Waals surface area contributed by atoms with Crippen LogP contribution >= 0.6 is 11.6 Å². The van der Waals surface area contributed by atoms with Crippen molar-refractivity contribution in [2.75, 3.05) is 0 Å². The SMILES string of the molecule is O=[N+]([O-])c1ccc([C@H](Cl)c2ccc(F)cc2)cc1. The third-order valence-electron chi connectivity index (χ3n) is 2.56. The maximum Gasteiger partial charge on any atom is 0.269 e. The molecule has 0 heterocycles. The quantitative estimate of drug-likeness (QED) is 0.477. The van der Waals surface area contributed by atoms with Crippen LogP contribution in [0.4, 0.5) is 10.1 Å². The van der Waals surface area contributed by atoms with E-state index in [1.54, 1.807) is 24.3 Å². The van der Waals surface area contributed by atoms with E-state index >= 15 is 0 Å². The summed E-state index contributed by atoms with van der Waals surface area (Å²) in [5.41, 5.74) is 1.49. The van der Waals surface area contributed by atoms with Crippen LogP contribution in [-0.4, -0.2) is 4.92 Å². The number of rotatable bonds is 3. The molecule has 1 atom stereocenters. The third kappa shape index (κ3) is 2.65. The van der Waals surface area contributed by atoms with Crippen molar-refractivity contribution in [2.45, 2.75) is 5.38 Å². The highest BCUT2D eigenvalue weighted by molar-refractivity contribution is 6.22. The van der Waals surface area contributed by atoms with E-state index in [9.17, 15) is 14.5 Å². The van der Waals surface area contributed by atoms with Gasteiger partial charge in [-0.25, -0.2) is 4.39 Å². The van der Waals surface area contributed by atoms with Crippen LogP contribution in [0.25, 0.3) is 0 Å². The predicted molar refractivity (Wildman–Crippen MR) is 67.2 cm³/mol. The summed E-state index contributed by atoms with van der Waals surface area (Å²) in [6.07, 6.45) is 0. The molecule has 0 aliphatic rings. The topological polar surface area (TPSA) is 43.1 Å². The Labute approximate surface area is 108 Å². The van der Waals surface area contributed by atoms with Crippen LogP contribution < -0.4 is 0 Å². The second-order valence-electron chi connectivity index (χ2n) is 3.76. The summed E-state index contributed by atoms with van der Waals surface area (Å²) in [5.74, 6) is -0.327. The maximum absolute atomic E-state index is 12.8. The van der Waals surface area contributed by atoms with Gasteiger partial charge in [0.15, 0.2) is 0 Å². The molecule has 92 valence electrons. The van der Waals surface area contributed by atoms with E-state index in [2.05, 4.69) is 0 Å². The number of non-ortho nitro benzene ring substituents is 1. The van der Waals surface area contributed by atoms with Crippen molar-refractivity contribution in [1.29, 1.82) is 0 Å². The van der Waals surface area contributed by atoms with Gasteiger partial charge in [0.05, 0.1) is 10.3 Å². The van der Waals surface area contributed by atoms with Gasteiger partial charge in [-0.3, -0.25) is 10.1 Å². The smallest absolute Gasteiger partial charge is 0.258 e. The van der Waals surface area contributed by atoms with Gasteiger partial charge in [0.25, 0.3) is 5.69 Å². The first-order valence-corrected chi connectivity index (χ1v) is 5.65. The Kier molecular flexibility index (Phi) is 3.58. The molecule has 0 spiro atoms. The van der Waals surface area contributed by atoms with Gasteiger partial charge in [-0.05, 0) is 23.3 Å². The monoisotopic (exact) mass is 265 g/mol. The highest BCUT2D eigenvalue weighted by Crippen LogP contribution is 2.29. The van der Waals surface area contributed by atoms with Crippen LogP contribution in [-0.2, 0) is 0 Å². The maximum atomic E-state index is 12.8. The number of nitrogens with zero attached hydrogens (tertiary/aromatic N) is 1. The van der Waals surface area contributed by atoms with Crippen LogP contribution in [0.2, 0.25) is 0 Å². The van der Waals surface area contributed by atoms with Crippen LogP contribution in [0.15, 0.2) is 48.5 Å². The van der Waals surface area contributed by atoms with Crippen LogP contribution in [0, 0.1) is 15.9 Å². The molecule has 0 aliphatic heterocycles. The fraction of sp³-hybridized carbons (Fsp3) is 0.0769. The lowest BCUT2D eigenvalue weighted by Gasteiger charge is -2.09. The lowest BCUT2D eigenvalue weighted by Crippen LogP contribution is -1.94. The largest absolute Gasteiger partial charge is 0.269 e. The normalized spacial score (nSPS) is 12.1. The Morgan fingerprint density at radius 1 is 1.00 bits per heavy atom. The zero-order valence-electron chi connectivity index (χ0n) is 9.22. The Morgan fingerprint density at radius 3 is 1.89 bits per heavy atom. The molecule has 0 aromatic heterocycles. The van der Waals surface area contributed by atoms with Crippen molar-refractivity contribution in [3.05, 3.63) is 75.6 Å². The first kappa shape index (κ1) is 12.5. The molecule has 0 amide bonds. The summed E-state index contributed by atoms with van der Waals surface area (Å²) in [4.78, 5) is 10.1. The van der Waals surface area contributed by atoms with Crippen molar-refractivity contribution in [3.8, 4) is 0 Å². The molecule has 2 aromatic rings.